The van der Waals surface area contributed by atoms with E-state index in [4.69, 9.17) is 13.9 Å². The number of aromatic nitrogens is 1. The van der Waals surface area contributed by atoms with E-state index in [0.29, 0.717) is 21.9 Å². The average Bonchev–Trinajstić information content (AvgIpc) is 3.00. The van der Waals surface area contributed by atoms with Crippen LogP contribution in [-0.2, 0) is 9.53 Å². The number of thiazole rings is 1. The van der Waals surface area contributed by atoms with E-state index in [0.717, 1.165) is 22.3 Å². The molecule has 2 aromatic heterocycles. The van der Waals surface area contributed by atoms with Crippen LogP contribution in [0.3, 0.4) is 0 Å². The highest BCUT2D eigenvalue weighted by atomic mass is 32.1. The van der Waals surface area contributed by atoms with Crippen LogP contribution in [0.1, 0.15) is 27.9 Å². The zero-order valence-corrected chi connectivity index (χ0v) is 16.3. The van der Waals surface area contributed by atoms with Crippen molar-refractivity contribution < 1.29 is 23.5 Å². The molecule has 0 aliphatic heterocycles. The molecule has 0 aliphatic rings. The quantitative estimate of drug-likeness (QED) is 0.499. The molecule has 9 heteroatoms. The summed E-state index contributed by atoms with van der Waals surface area (Å²) in [7, 11) is 0. The summed E-state index contributed by atoms with van der Waals surface area (Å²) in [6.45, 7) is 5.19. The molecule has 3 rings (SSSR count). The molecule has 0 aliphatic carbocycles. The molecule has 0 fully saturated rings. The van der Waals surface area contributed by atoms with Crippen molar-refractivity contribution >= 4 is 39.3 Å². The Balaban J connectivity index is 1.65. The number of benzene rings is 1. The van der Waals surface area contributed by atoms with E-state index in [-0.39, 0.29) is 18.3 Å². The van der Waals surface area contributed by atoms with Gasteiger partial charge in [-0.3, -0.25) is 10.1 Å². The van der Waals surface area contributed by atoms with Gasteiger partial charge in [-0.1, -0.05) is 11.3 Å². The summed E-state index contributed by atoms with van der Waals surface area (Å²) in [5, 5.41) is 3.67. The number of esters is 1. The molecule has 1 amide bonds. The number of hydrogen-bond acceptors (Lipinski definition) is 8. The fourth-order valence-corrected chi connectivity index (χ4v) is 3.41. The van der Waals surface area contributed by atoms with Crippen LogP contribution in [-0.4, -0.2) is 30.1 Å². The molecule has 0 bridgehead atoms. The fraction of sp³-hybridized carbons (Fsp3) is 0.263. The van der Waals surface area contributed by atoms with Crippen molar-refractivity contribution in [3.05, 3.63) is 50.8 Å². The van der Waals surface area contributed by atoms with Gasteiger partial charge in [0, 0.05) is 17.5 Å². The zero-order chi connectivity index (χ0) is 20.3. The predicted octanol–water partition coefficient (Wildman–Crippen LogP) is 3.06. The third kappa shape index (κ3) is 4.37. The third-order valence-electron chi connectivity index (χ3n) is 3.80. The second-order valence-electron chi connectivity index (χ2n) is 5.90. The Labute approximate surface area is 164 Å². The number of rotatable bonds is 6. The lowest BCUT2D eigenvalue weighted by Gasteiger charge is -2.07. The Morgan fingerprint density at radius 2 is 2.04 bits per heavy atom. The van der Waals surface area contributed by atoms with Gasteiger partial charge in [0.05, 0.1) is 12.3 Å². The minimum Gasteiger partial charge on any atom is -0.484 e. The molecule has 0 unspecified atom stereocenters. The summed E-state index contributed by atoms with van der Waals surface area (Å²) in [6.07, 6.45) is 0. The first-order chi connectivity index (χ1) is 13.4. The zero-order valence-electron chi connectivity index (χ0n) is 15.5. The van der Waals surface area contributed by atoms with Gasteiger partial charge in [0.1, 0.15) is 16.2 Å². The number of fused-ring (bicyclic) bond motifs is 1. The number of nitrogens with one attached hydrogen (secondary N) is 1. The first-order valence-corrected chi connectivity index (χ1v) is 9.30. The Hall–Kier alpha value is -3.20. The largest absolute Gasteiger partial charge is 0.484 e. The number of anilines is 1. The van der Waals surface area contributed by atoms with Gasteiger partial charge in [0.2, 0.25) is 0 Å². The van der Waals surface area contributed by atoms with Crippen molar-refractivity contribution in [3.63, 3.8) is 0 Å². The van der Waals surface area contributed by atoms with E-state index >= 15 is 0 Å². The van der Waals surface area contributed by atoms with Crippen LogP contribution >= 0.6 is 11.3 Å². The van der Waals surface area contributed by atoms with Gasteiger partial charge < -0.3 is 13.9 Å². The van der Waals surface area contributed by atoms with E-state index in [9.17, 15) is 14.4 Å². The van der Waals surface area contributed by atoms with Gasteiger partial charge in [-0.2, -0.15) is 0 Å². The molecular weight excluding hydrogens is 384 g/mol. The molecular formula is C19H18N2O6S. The smallest absolute Gasteiger partial charge is 0.350 e. The molecule has 8 nitrogen and oxygen atoms in total. The lowest BCUT2D eigenvalue weighted by atomic mass is 10.1. The molecule has 0 spiro atoms. The van der Waals surface area contributed by atoms with Gasteiger partial charge >= 0.3 is 11.6 Å². The monoisotopic (exact) mass is 402 g/mol. The lowest BCUT2D eigenvalue weighted by molar-refractivity contribution is -0.118. The molecule has 2 heterocycles. The highest BCUT2D eigenvalue weighted by Crippen LogP contribution is 2.24. The molecule has 3 aromatic rings. The van der Waals surface area contributed by atoms with Crippen LogP contribution < -0.4 is 15.7 Å². The van der Waals surface area contributed by atoms with E-state index in [1.165, 1.54) is 6.07 Å². The highest BCUT2D eigenvalue weighted by molar-refractivity contribution is 7.17. The molecule has 1 aromatic carbocycles. The van der Waals surface area contributed by atoms with Crippen molar-refractivity contribution in [2.45, 2.75) is 20.8 Å². The molecule has 0 saturated carbocycles. The summed E-state index contributed by atoms with van der Waals surface area (Å²) < 4.78 is 15.6. The Kier molecular flexibility index (Phi) is 5.74. The van der Waals surface area contributed by atoms with Crippen LogP contribution in [0.5, 0.6) is 5.75 Å². The van der Waals surface area contributed by atoms with Crippen LogP contribution in [0.15, 0.2) is 33.5 Å². The summed E-state index contributed by atoms with van der Waals surface area (Å²) >= 11 is 1.04. The van der Waals surface area contributed by atoms with Gasteiger partial charge in [-0.15, -0.1) is 0 Å². The second-order valence-corrected chi connectivity index (χ2v) is 6.90. The fourth-order valence-electron chi connectivity index (χ4n) is 2.54. The minimum atomic E-state index is -0.470. The first-order valence-electron chi connectivity index (χ1n) is 8.49. The first kappa shape index (κ1) is 19.6. The van der Waals surface area contributed by atoms with E-state index in [1.54, 1.807) is 32.0 Å². The Morgan fingerprint density at radius 1 is 1.25 bits per heavy atom. The highest BCUT2D eigenvalue weighted by Gasteiger charge is 2.17. The van der Waals surface area contributed by atoms with E-state index in [2.05, 4.69) is 10.3 Å². The molecule has 0 radical (unpaired) electrons. The third-order valence-corrected chi connectivity index (χ3v) is 4.85. The van der Waals surface area contributed by atoms with Crippen LogP contribution in [0, 0.1) is 13.8 Å². The second kappa shape index (κ2) is 8.22. The predicted molar refractivity (Wildman–Crippen MR) is 104 cm³/mol. The van der Waals surface area contributed by atoms with Crippen LogP contribution in [0.25, 0.3) is 11.0 Å². The molecule has 146 valence electrons. The van der Waals surface area contributed by atoms with Crippen molar-refractivity contribution in [3.8, 4) is 5.75 Å². The van der Waals surface area contributed by atoms with Gasteiger partial charge in [0.25, 0.3) is 5.91 Å². The van der Waals surface area contributed by atoms with Crippen LogP contribution in [0.4, 0.5) is 5.13 Å². The molecule has 1 N–H and O–H groups in total. The summed E-state index contributed by atoms with van der Waals surface area (Å²) in [5.41, 5.74) is 1.22. The van der Waals surface area contributed by atoms with Crippen LogP contribution in [0.2, 0.25) is 0 Å². The number of amides is 1. The van der Waals surface area contributed by atoms with Crippen molar-refractivity contribution in [1.29, 1.82) is 0 Å². The SMILES string of the molecule is CCOC(=O)c1sc(NC(=O)COc2ccc3c(C)cc(=O)oc3c2)nc1C. The van der Waals surface area contributed by atoms with Gasteiger partial charge in [0.15, 0.2) is 11.7 Å². The summed E-state index contributed by atoms with van der Waals surface area (Å²) in [6, 6.07) is 6.42. The maximum absolute atomic E-state index is 12.1. The Bertz CT molecular complexity index is 1100. The Morgan fingerprint density at radius 3 is 2.79 bits per heavy atom. The van der Waals surface area contributed by atoms with Crippen molar-refractivity contribution in [1.82, 2.24) is 4.98 Å². The van der Waals surface area contributed by atoms with Gasteiger partial charge in [-0.05, 0) is 38.5 Å². The summed E-state index contributed by atoms with van der Waals surface area (Å²) in [5.74, 6) is -0.518. The van der Waals surface area contributed by atoms with E-state index < -0.39 is 17.5 Å². The summed E-state index contributed by atoms with van der Waals surface area (Å²) in [4.78, 5) is 39.9. The normalized spacial score (nSPS) is 10.7. The minimum absolute atomic E-state index is 0.261. The topological polar surface area (TPSA) is 108 Å². The number of ether oxygens (including phenoxy) is 2. The number of aryl methyl sites for hydroxylation is 2. The maximum atomic E-state index is 12.1. The lowest BCUT2D eigenvalue weighted by Crippen LogP contribution is -2.20. The number of carbonyl (C=O) groups is 2. The number of hydrogen-bond donors (Lipinski definition) is 1. The maximum Gasteiger partial charge on any atom is 0.350 e. The molecule has 28 heavy (non-hydrogen) atoms. The standard InChI is InChI=1S/C19H18N2O6S/c1-4-25-18(24)17-11(3)20-19(28-17)21-15(22)9-26-12-5-6-13-10(2)7-16(23)27-14(13)8-12/h5-8H,4,9H2,1-3H3,(H,20,21,22). The van der Waals surface area contributed by atoms with E-state index in [1.807, 2.05) is 6.92 Å². The average molecular weight is 402 g/mol. The van der Waals surface area contributed by atoms with Crippen molar-refractivity contribution in [2.75, 3.05) is 18.5 Å². The molecule has 0 saturated heterocycles. The molecule has 0 atom stereocenters. The van der Waals surface area contributed by atoms with Crippen molar-refractivity contribution in [2.24, 2.45) is 0 Å². The number of carbonyl (C=O) groups excluding carboxylic acids is 2. The number of nitrogens with zero attached hydrogens (tertiary/aromatic N) is 1. The van der Waals surface area contributed by atoms with Gasteiger partial charge in [-0.25, -0.2) is 14.6 Å².